The second kappa shape index (κ2) is 15.4. The van der Waals surface area contributed by atoms with Gasteiger partial charge in [-0.05, 0) is 105 Å². The summed E-state index contributed by atoms with van der Waals surface area (Å²) in [5.41, 5.74) is 13.0. The summed E-state index contributed by atoms with van der Waals surface area (Å²) in [5, 5.41) is 11.3. The van der Waals surface area contributed by atoms with Crippen molar-refractivity contribution >= 4 is 87.1 Å². The second-order valence-corrected chi connectivity index (χ2v) is 18.3. The van der Waals surface area contributed by atoms with E-state index in [9.17, 15) is 0 Å². The number of fused-ring (bicyclic) bond motifs is 12. The van der Waals surface area contributed by atoms with Gasteiger partial charge < -0.3 is 13.6 Å². The largest absolute Gasteiger partial charge is 0.456 e. The molecule has 0 fully saturated rings. The van der Waals surface area contributed by atoms with Gasteiger partial charge in [0.25, 0.3) is 0 Å². The zero-order chi connectivity index (χ0) is 46.6. The normalized spacial score (nSPS) is 11.9. The van der Waals surface area contributed by atoms with Crippen LogP contribution in [0.1, 0.15) is 0 Å². The minimum atomic E-state index is 0.560. The molecule has 4 heterocycles. The van der Waals surface area contributed by atoms with E-state index in [2.05, 4.69) is 234 Å². The first kappa shape index (κ1) is 39.4. The Balaban J connectivity index is 1.00. The highest BCUT2D eigenvalue weighted by molar-refractivity contribution is 6.23. The van der Waals surface area contributed by atoms with E-state index in [4.69, 9.17) is 19.4 Å². The zero-order valence-corrected chi connectivity index (χ0v) is 38.2. The van der Waals surface area contributed by atoms with Gasteiger partial charge in [-0.3, -0.25) is 0 Å². The summed E-state index contributed by atoms with van der Waals surface area (Å²) in [6.45, 7) is 0. The fourth-order valence-electron chi connectivity index (χ4n) is 11.1. The highest BCUT2D eigenvalue weighted by atomic mass is 16.3. The molecule has 0 aliphatic rings. The molecular formula is C65H39N5O. The van der Waals surface area contributed by atoms with Crippen LogP contribution in [0.4, 0.5) is 0 Å². The Morgan fingerprint density at radius 2 is 0.887 bits per heavy atom. The maximum atomic E-state index is 6.81. The van der Waals surface area contributed by atoms with Crippen molar-refractivity contribution in [2.45, 2.75) is 0 Å². The van der Waals surface area contributed by atoms with Crippen molar-refractivity contribution in [1.29, 1.82) is 0 Å². The third-order valence-corrected chi connectivity index (χ3v) is 14.3. The van der Waals surface area contributed by atoms with Gasteiger partial charge in [0.2, 0.25) is 0 Å². The molecule has 0 aliphatic carbocycles. The number of rotatable bonds is 6. The predicted molar refractivity (Wildman–Crippen MR) is 293 cm³/mol. The topological polar surface area (TPSA) is 61.7 Å². The second-order valence-electron chi connectivity index (χ2n) is 18.3. The first-order chi connectivity index (χ1) is 35.2. The van der Waals surface area contributed by atoms with Crippen molar-refractivity contribution in [2.75, 3.05) is 0 Å². The lowest BCUT2D eigenvalue weighted by molar-refractivity contribution is 0.669. The number of benzene rings is 11. The molecule has 6 nitrogen and oxygen atoms in total. The Morgan fingerprint density at radius 1 is 0.296 bits per heavy atom. The molecule has 11 aromatic carbocycles. The number of hydrogen-bond acceptors (Lipinski definition) is 4. The van der Waals surface area contributed by atoms with Crippen LogP contribution in [0.15, 0.2) is 241 Å². The highest BCUT2D eigenvalue weighted by Crippen LogP contribution is 2.43. The van der Waals surface area contributed by atoms with Gasteiger partial charge in [-0.25, -0.2) is 15.0 Å². The van der Waals surface area contributed by atoms with Crippen molar-refractivity contribution in [3.8, 4) is 56.7 Å². The minimum absolute atomic E-state index is 0.560. The van der Waals surface area contributed by atoms with Gasteiger partial charge in [0, 0.05) is 60.4 Å². The number of para-hydroxylation sites is 4. The Hall–Kier alpha value is -9.65. The predicted octanol–water partition coefficient (Wildman–Crippen LogP) is 16.9. The first-order valence-corrected chi connectivity index (χ1v) is 24.0. The van der Waals surface area contributed by atoms with E-state index < -0.39 is 0 Å². The van der Waals surface area contributed by atoms with Crippen LogP contribution in [0.25, 0.3) is 144 Å². The molecule has 15 rings (SSSR count). The number of hydrogen-bond donors (Lipinski definition) is 0. The van der Waals surface area contributed by atoms with E-state index >= 15 is 0 Å². The summed E-state index contributed by atoms with van der Waals surface area (Å²) in [6.07, 6.45) is 0. The molecular weight excluding hydrogens is 867 g/mol. The van der Waals surface area contributed by atoms with Crippen LogP contribution >= 0.6 is 0 Å². The van der Waals surface area contributed by atoms with Gasteiger partial charge in [0.05, 0.1) is 22.1 Å². The maximum absolute atomic E-state index is 6.81. The van der Waals surface area contributed by atoms with Gasteiger partial charge in [-0.1, -0.05) is 164 Å². The van der Waals surface area contributed by atoms with Gasteiger partial charge in [0.1, 0.15) is 11.2 Å². The van der Waals surface area contributed by atoms with Crippen LogP contribution in [-0.2, 0) is 0 Å². The molecule has 0 saturated carbocycles. The average molecular weight is 906 g/mol. The zero-order valence-electron chi connectivity index (χ0n) is 38.2. The number of nitrogens with zero attached hydrogens (tertiary/aromatic N) is 5. The summed E-state index contributed by atoms with van der Waals surface area (Å²) in [5.74, 6) is 1.72. The van der Waals surface area contributed by atoms with Crippen molar-refractivity contribution in [1.82, 2.24) is 24.1 Å². The summed E-state index contributed by atoms with van der Waals surface area (Å²) in [6, 6.07) is 83.8. The summed E-state index contributed by atoms with van der Waals surface area (Å²) >= 11 is 0. The molecule has 330 valence electrons. The van der Waals surface area contributed by atoms with Gasteiger partial charge in [-0.2, -0.15) is 0 Å². The maximum Gasteiger partial charge on any atom is 0.166 e. The number of aromatic nitrogens is 5. The lowest BCUT2D eigenvalue weighted by Crippen LogP contribution is -2.02. The third-order valence-electron chi connectivity index (χ3n) is 14.3. The molecule has 0 N–H and O–H groups in total. The molecule has 4 aromatic heterocycles. The van der Waals surface area contributed by atoms with E-state index in [1.807, 2.05) is 12.1 Å². The fourth-order valence-corrected chi connectivity index (χ4v) is 11.1. The van der Waals surface area contributed by atoms with Gasteiger partial charge in [0.15, 0.2) is 17.5 Å². The van der Waals surface area contributed by atoms with Crippen molar-refractivity contribution in [2.24, 2.45) is 0 Å². The summed E-state index contributed by atoms with van der Waals surface area (Å²) in [7, 11) is 0. The highest BCUT2D eigenvalue weighted by Gasteiger charge is 2.23. The summed E-state index contributed by atoms with van der Waals surface area (Å²) < 4.78 is 11.6. The Morgan fingerprint density at radius 3 is 1.72 bits per heavy atom. The van der Waals surface area contributed by atoms with Crippen molar-refractivity contribution < 1.29 is 4.42 Å². The third kappa shape index (κ3) is 6.11. The standard InChI is InChI=1S/C65H39N5O/c1-3-16-40(17-4-1)42-20-13-21-45(36-42)63-66-64(68-65(67-63)52-28-14-26-50-48-24-9-12-30-56(48)70(62(50)52)46-22-5-2-6-23-46)51-27-15-31-58-60(51)61-53-39-47(34-32-41(53)33-35-59(61)71-58)69-55-29-11-10-25-49(55)54-37-43-18-7-8-19-44(43)38-57(54)69/h1-39H. The van der Waals surface area contributed by atoms with E-state index in [0.717, 1.165) is 105 Å². The quantitative estimate of drug-likeness (QED) is 0.167. The monoisotopic (exact) mass is 905 g/mol. The van der Waals surface area contributed by atoms with Crippen molar-refractivity contribution in [3.05, 3.63) is 237 Å². The Labute approximate surface area is 407 Å². The van der Waals surface area contributed by atoms with Crippen LogP contribution in [0.5, 0.6) is 0 Å². The molecule has 0 unspecified atom stereocenters. The molecule has 0 saturated heterocycles. The first-order valence-electron chi connectivity index (χ1n) is 24.0. The molecule has 0 amide bonds. The SMILES string of the molecule is c1ccc(-c2cccc(-c3nc(-c4cccc5oc6ccc7ccc(-n8c9ccccc9c9cc%10ccccc%10cc98)cc7c6c45)nc(-c4cccc5c6ccccc6n(-c6ccccc6)c45)n3)c2)cc1. The molecule has 15 aromatic rings. The van der Waals surface area contributed by atoms with Crippen LogP contribution < -0.4 is 0 Å². The smallest absolute Gasteiger partial charge is 0.166 e. The van der Waals surface area contributed by atoms with E-state index in [1.165, 1.54) is 21.5 Å². The number of furan rings is 1. The average Bonchev–Trinajstić information content (AvgIpc) is 4.10. The molecule has 0 radical (unpaired) electrons. The lowest BCUT2D eigenvalue weighted by Gasteiger charge is -2.13. The molecule has 0 spiro atoms. The van der Waals surface area contributed by atoms with E-state index in [0.29, 0.717) is 17.5 Å². The van der Waals surface area contributed by atoms with Gasteiger partial charge >= 0.3 is 0 Å². The molecule has 0 atom stereocenters. The fraction of sp³-hybridized carbons (Fsp3) is 0. The minimum Gasteiger partial charge on any atom is -0.456 e. The Bertz CT molecular complexity index is 4640. The summed E-state index contributed by atoms with van der Waals surface area (Å²) in [4.78, 5) is 16.4. The molecule has 0 bridgehead atoms. The van der Waals surface area contributed by atoms with Crippen LogP contribution in [0.2, 0.25) is 0 Å². The van der Waals surface area contributed by atoms with Gasteiger partial charge in [-0.15, -0.1) is 0 Å². The van der Waals surface area contributed by atoms with Crippen LogP contribution in [0, 0.1) is 0 Å². The lowest BCUT2D eigenvalue weighted by atomic mass is 9.99. The molecule has 6 heteroatoms. The van der Waals surface area contributed by atoms with Crippen LogP contribution in [-0.4, -0.2) is 24.1 Å². The van der Waals surface area contributed by atoms with Crippen molar-refractivity contribution in [3.63, 3.8) is 0 Å². The van der Waals surface area contributed by atoms with E-state index in [-0.39, 0.29) is 0 Å². The Kier molecular flexibility index (Phi) is 8.56. The van der Waals surface area contributed by atoms with E-state index in [1.54, 1.807) is 0 Å². The molecule has 71 heavy (non-hydrogen) atoms. The molecule has 0 aliphatic heterocycles. The van der Waals surface area contributed by atoms with Crippen LogP contribution in [0.3, 0.4) is 0 Å².